The first kappa shape index (κ1) is 8.90. The largest absolute Gasteiger partial charge is 4.00 e. The molecular weight excluding hydrogens is 182 g/mol. The third-order valence-corrected chi connectivity index (χ3v) is 0. The maximum Gasteiger partial charge on any atom is 4.00 e. The molecule has 0 amide bonds. The summed E-state index contributed by atoms with van der Waals surface area (Å²) in [6.07, 6.45) is 0. The van der Waals surface area contributed by atoms with Crippen molar-refractivity contribution in [3.05, 3.63) is 0 Å². The molecule has 3 heteroatoms. The number of hydrogen-bond acceptors (Lipinski definition) is 1. The van der Waals surface area contributed by atoms with Crippen LogP contribution in [0.2, 0.25) is 0 Å². The summed E-state index contributed by atoms with van der Waals surface area (Å²) in [6.45, 7) is 0. The van der Waals surface area contributed by atoms with E-state index >= 15 is 0 Å². The van der Waals surface area contributed by atoms with Gasteiger partial charge in [0.05, 0.1) is 0 Å². The van der Waals surface area contributed by atoms with Crippen LogP contribution < -0.4 is 0 Å². The van der Waals surface area contributed by atoms with E-state index in [-0.39, 0.29) is 30.0 Å². The molecule has 0 aliphatic rings. The van der Waals surface area contributed by atoms with Crippen molar-refractivity contribution >= 4 is 35.5 Å². The van der Waals surface area contributed by atoms with Crippen molar-refractivity contribution < 1.29 is 5.11 Å². The van der Waals surface area contributed by atoms with Gasteiger partial charge in [0.25, 0.3) is 0 Å². The molecule has 0 aliphatic carbocycles. The molecule has 0 aliphatic heterocycles. The van der Waals surface area contributed by atoms with Gasteiger partial charge in [0, 0.05) is 0 Å². The Morgan fingerprint density at radius 1 is 1.75 bits per heavy atom. The van der Waals surface area contributed by atoms with Crippen molar-refractivity contribution in [1.29, 1.82) is 0 Å². The number of hydrogen-bond donors (Lipinski definition) is 1. The van der Waals surface area contributed by atoms with E-state index in [1.165, 1.54) is 0 Å². The number of rotatable bonds is 0. The van der Waals surface area contributed by atoms with E-state index in [2.05, 4.69) is 11.6 Å². The van der Waals surface area contributed by atoms with Gasteiger partial charge in [-0.05, 0) is 0 Å². The molecule has 0 rings (SSSR count). The molecule has 0 saturated heterocycles. The fourth-order valence-corrected chi connectivity index (χ4v) is 0. The zero-order valence-electron chi connectivity index (χ0n) is 2.03. The van der Waals surface area contributed by atoms with Crippen molar-refractivity contribution in [1.82, 2.24) is 0 Å². The minimum atomic E-state index is -0.278. The van der Waals surface area contributed by atoms with Crippen LogP contribution in [0.5, 0.6) is 0 Å². The monoisotopic (exact) mass is 186 g/mol. The van der Waals surface area contributed by atoms with Gasteiger partial charge in [-0.3, -0.25) is 0 Å². The van der Waals surface area contributed by atoms with E-state index in [1.54, 1.807) is 0 Å². The van der Waals surface area contributed by atoms with Gasteiger partial charge < -0.3 is 5.11 Å². The Balaban J connectivity index is 0. The summed E-state index contributed by atoms with van der Waals surface area (Å²) in [5, 5.41) is 7.33. The number of aliphatic hydroxyl groups excluding tert-OH is 1. The number of alkyl halides is 1. The van der Waals surface area contributed by atoms with Crippen molar-refractivity contribution in [2.24, 2.45) is 0 Å². The first-order valence-corrected chi connectivity index (χ1v) is 1.12. The minimum absolute atomic E-state index is 0. The van der Waals surface area contributed by atoms with Crippen LogP contribution in [-0.4, -0.2) is 35.1 Å². The Kier molecular flexibility index (Phi) is 20.0. The zero-order valence-corrected chi connectivity index (χ0v) is 5.64. The van der Waals surface area contributed by atoms with Gasteiger partial charge in [0.2, 0.25) is 0 Å². The van der Waals surface area contributed by atoms with Gasteiger partial charge in [0.1, 0.15) is 6.07 Å². The van der Waals surface area contributed by atoms with Gasteiger partial charge in [-0.2, -0.15) is 0 Å². The SMILES string of the molecule is OCCl.[Sn+4]. The number of aliphatic hydroxyl groups is 1. The van der Waals surface area contributed by atoms with E-state index in [0.717, 1.165) is 0 Å². The quantitative estimate of drug-likeness (QED) is 0.409. The van der Waals surface area contributed by atoms with E-state index in [9.17, 15) is 0 Å². The zero-order chi connectivity index (χ0) is 2.71. The molecule has 0 aromatic rings. The van der Waals surface area contributed by atoms with Crippen LogP contribution in [0.4, 0.5) is 0 Å². The van der Waals surface area contributed by atoms with Crippen molar-refractivity contribution in [2.75, 3.05) is 6.07 Å². The van der Waals surface area contributed by atoms with E-state index in [1.807, 2.05) is 0 Å². The van der Waals surface area contributed by atoms with Crippen LogP contribution in [0.15, 0.2) is 0 Å². The molecule has 0 atom stereocenters. The Hall–Kier alpha value is 1.05. The minimum Gasteiger partial charge on any atom is -0.381 e. The van der Waals surface area contributed by atoms with Crippen molar-refractivity contribution in [3.8, 4) is 0 Å². The molecule has 0 unspecified atom stereocenters. The summed E-state index contributed by atoms with van der Waals surface area (Å²) >= 11 is 4.55. The predicted molar refractivity (Wildman–Crippen MR) is 18.7 cm³/mol. The Morgan fingerprint density at radius 3 is 1.75 bits per heavy atom. The van der Waals surface area contributed by atoms with E-state index in [0.29, 0.717) is 0 Å². The normalized spacial score (nSPS) is 4.50. The first-order chi connectivity index (χ1) is 1.41. The average molecular weight is 185 g/mol. The summed E-state index contributed by atoms with van der Waals surface area (Å²) in [5.74, 6) is 0. The molecule has 0 saturated carbocycles. The van der Waals surface area contributed by atoms with Crippen molar-refractivity contribution in [2.45, 2.75) is 0 Å². The van der Waals surface area contributed by atoms with Crippen LogP contribution >= 0.6 is 11.6 Å². The fourth-order valence-electron chi connectivity index (χ4n) is 0. The Labute approximate surface area is 46.9 Å². The second kappa shape index (κ2) is 8.97. The molecule has 0 spiro atoms. The van der Waals surface area contributed by atoms with Crippen LogP contribution in [0.1, 0.15) is 0 Å². The molecule has 20 valence electrons. The molecule has 0 heterocycles. The second-order valence-corrected chi connectivity index (χ2v) is 0.359. The standard InChI is InChI=1S/CH3ClO.Sn/c2-1-3;/h3H,1H2;/q;+4. The van der Waals surface area contributed by atoms with Crippen LogP contribution in [-0.2, 0) is 0 Å². The van der Waals surface area contributed by atoms with Crippen LogP contribution in [0.3, 0.4) is 0 Å². The van der Waals surface area contributed by atoms with Crippen LogP contribution in [0, 0.1) is 0 Å². The van der Waals surface area contributed by atoms with E-state index in [4.69, 9.17) is 5.11 Å². The third-order valence-electron chi connectivity index (χ3n) is 0. The Bertz CT molecular complexity index is 8.00. The summed E-state index contributed by atoms with van der Waals surface area (Å²) < 4.78 is 0. The van der Waals surface area contributed by atoms with E-state index < -0.39 is 0 Å². The summed E-state index contributed by atoms with van der Waals surface area (Å²) in [5.41, 5.74) is 0. The number of halogens is 1. The maximum atomic E-state index is 7.33. The molecular formula is CH3ClOSn+4. The first-order valence-electron chi connectivity index (χ1n) is 0.583. The molecule has 1 nitrogen and oxygen atoms in total. The summed E-state index contributed by atoms with van der Waals surface area (Å²) in [6, 6.07) is -0.278. The van der Waals surface area contributed by atoms with Gasteiger partial charge in [-0.25, -0.2) is 0 Å². The molecule has 0 aromatic carbocycles. The van der Waals surface area contributed by atoms with Crippen LogP contribution in [0.25, 0.3) is 0 Å². The molecule has 4 heavy (non-hydrogen) atoms. The summed E-state index contributed by atoms with van der Waals surface area (Å²) in [7, 11) is 0. The predicted octanol–water partition coefficient (Wildman–Crippen LogP) is -0.206. The topological polar surface area (TPSA) is 20.2 Å². The van der Waals surface area contributed by atoms with Gasteiger partial charge in [-0.1, -0.05) is 11.6 Å². The van der Waals surface area contributed by atoms with Gasteiger partial charge in [0.15, 0.2) is 0 Å². The summed E-state index contributed by atoms with van der Waals surface area (Å²) in [4.78, 5) is 0. The van der Waals surface area contributed by atoms with Gasteiger partial charge in [-0.15, -0.1) is 0 Å². The molecule has 0 aromatic heterocycles. The van der Waals surface area contributed by atoms with Gasteiger partial charge >= 0.3 is 23.9 Å². The Morgan fingerprint density at radius 2 is 1.75 bits per heavy atom. The fraction of sp³-hybridized carbons (Fsp3) is 1.00. The average Bonchev–Trinajstić information content (AvgIpc) is 0.918. The van der Waals surface area contributed by atoms with Crippen molar-refractivity contribution in [3.63, 3.8) is 0 Å². The third kappa shape index (κ3) is 11.6. The smallest absolute Gasteiger partial charge is 0.381 e. The molecule has 0 fully saturated rings. The molecule has 0 bridgehead atoms. The second-order valence-electron chi connectivity index (χ2n) is 0.120. The molecule has 1 N–H and O–H groups in total. The maximum absolute atomic E-state index is 7.33. The molecule has 0 radical (unpaired) electrons.